The van der Waals surface area contributed by atoms with Crippen LogP contribution in [-0.2, 0) is 0 Å². The lowest BCUT2D eigenvalue weighted by Gasteiger charge is -1.83. The summed E-state index contributed by atoms with van der Waals surface area (Å²) in [6, 6.07) is 1.26. The molecule has 4 heteroatoms. The van der Waals surface area contributed by atoms with E-state index in [2.05, 4.69) is 4.98 Å². The van der Waals surface area contributed by atoms with Crippen molar-refractivity contribution >= 4 is 12.4 Å². The van der Waals surface area contributed by atoms with Crippen LogP contribution in [0, 0.1) is 0 Å². The Bertz CT molecular complexity index is 232. The summed E-state index contributed by atoms with van der Waals surface area (Å²) in [5.74, 6) is -0.243. The SMILES string of the molecule is Cl.O=c1cc[nH]cc1O. The summed E-state index contributed by atoms with van der Waals surface area (Å²) in [5.41, 5.74) is -0.358. The maximum atomic E-state index is 10.3. The van der Waals surface area contributed by atoms with Crippen LogP contribution in [0.2, 0.25) is 0 Å². The number of aromatic hydroxyl groups is 1. The maximum absolute atomic E-state index is 10.3. The fourth-order valence-electron chi connectivity index (χ4n) is 0.407. The predicted molar refractivity (Wildman–Crippen MR) is 36.0 cm³/mol. The molecule has 1 aromatic heterocycles. The van der Waals surface area contributed by atoms with Gasteiger partial charge in [-0.05, 0) is 0 Å². The first-order valence-corrected chi connectivity index (χ1v) is 2.17. The van der Waals surface area contributed by atoms with Gasteiger partial charge in [0, 0.05) is 18.5 Å². The van der Waals surface area contributed by atoms with E-state index in [4.69, 9.17) is 5.11 Å². The van der Waals surface area contributed by atoms with E-state index in [9.17, 15) is 4.79 Å². The summed E-state index contributed by atoms with van der Waals surface area (Å²) in [6.07, 6.45) is 2.70. The molecule has 1 aromatic rings. The molecular formula is C5H6ClNO2. The lowest BCUT2D eigenvalue weighted by atomic mass is 10.4. The smallest absolute Gasteiger partial charge is 0.223 e. The van der Waals surface area contributed by atoms with Crippen molar-refractivity contribution in [3.8, 4) is 5.75 Å². The molecule has 0 aliphatic heterocycles. The van der Waals surface area contributed by atoms with Crippen LogP contribution in [0.15, 0.2) is 23.3 Å². The van der Waals surface area contributed by atoms with Gasteiger partial charge in [0.05, 0.1) is 0 Å². The van der Waals surface area contributed by atoms with E-state index in [1.165, 1.54) is 18.5 Å². The average molecular weight is 148 g/mol. The minimum Gasteiger partial charge on any atom is -0.503 e. The van der Waals surface area contributed by atoms with Gasteiger partial charge in [-0.25, -0.2) is 0 Å². The molecule has 1 rings (SSSR count). The molecule has 0 aliphatic carbocycles. The van der Waals surface area contributed by atoms with Gasteiger partial charge >= 0.3 is 0 Å². The highest BCUT2D eigenvalue weighted by Crippen LogP contribution is 1.90. The van der Waals surface area contributed by atoms with E-state index < -0.39 is 0 Å². The third kappa shape index (κ3) is 1.77. The summed E-state index contributed by atoms with van der Waals surface area (Å²) in [7, 11) is 0. The third-order valence-corrected chi connectivity index (χ3v) is 0.803. The van der Waals surface area contributed by atoms with E-state index in [-0.39, 0.29) is 23.6 Å². The van der Waals surface area contributed by atoms with Crippen LogP contribution in [-0.4, -0.2) is 10.1 Å². The molecule has 0 amide bonds. The Labute approximate surface area is 57.8 Å². The largest absolute Gasteiger partial charge is 0.503 e. The average Bonchev–Trinajstić information content (AvgIpc) is 1.77. The summed E-state index contributed by atoms with van der Waals surface area (Å²) < 4.78 is 0. The molecule has 1 heterocycles. The molecule has 0 atom stereocenters. The topological polar surface area (TPSA) is 53.1 Å². The molecule has 0 saturated carbocycles. The van der Waals surface area contributed by atoms with Crippen LogP contribution < -0.4 is 5.43 Å². The zero-order valence-electron chi connectivity index (χ0n) is 4.50. The number of aromatic amines is 1. The number of hydrogen-bond acceptors (Lipinski definition) is 2. The number of rotatable bonds is 0. The van der Waals surface area contributed by atoms with Gasteiger partial charge in [0.1, 0.15) is 0 Å². The molecule has 0 bridgehead atoms. The molecule has 0 saturated heterocycles. The first kappa shape index (κ1) is 8.04. The molecule has 0 spiro atoms. The second-order valence-corrected chi connectivity index (χ2v) is 1.39. The standard InChI is InChI=1S/C5H5NO2.ClH/c7-4-1-2-6-3-5(4)8;/h1-3,8H,(H,6,7);1H. The van der Waals surface area contributed by atoms with E-state index in [0.717, 1.165) is 0 Å². The van der Waals surface area contributed by atoms with Crippen LogP contribution in [0.4, 0.5) is 0 Å². The van der Waals surface area contributed by atoms with Crippen LogP contribution in [0.25, 0.3) is 0 Å². The molecule has 0 unspecified atom stereocenters. The van der Waals surface area contributed by atoms with Crippen molar-refractivity contribution in [3.05, 3.63) is 28.7 Å². The molecule has 0 radical (unpaired) electrons. The second-order valence-electron chi connectivity index (χ2n) is 1.39. The van der Waals surface area contributed by atoms with Crippen molar-refractivity contribution in [2.45, 2.75) is 0 Å². The number of hydrogen-bond donors (Lipinski definition) is 2. The Hall–Kier alpha value is -0.960. The van der Waals surface area contributed by atoms with Gasteiger partial charge in [0.15, 0.2) is 5.75 Å². The Morgan fingerprint density at radius 1 is 1.56 bits per heavy atom. The van der Waals surface area contributed by atoms with Gasteiger partial charge in [-0.3, -0.25) is 4.79 Å². The van der Waals surface area contributed by atoms with Crippen molar-refractivity contribution in [1.82, 2.24) is 4.98 Å². The lowest BCUT2D eigenvalue weighted by molar-refractivity contribution is 0.467. The minimum atomic E-state index is -0.358. The van der Waals surface area contributed by atoms with E-state index in [1.807, 2.05) is 0 Å². The summed E-state index contributed by atoms with van der Waals surface area (Å²) in [6.45, 7) is 0. The molecule has 50 valence electrons. The van der Waals surface area contributed by atoms with Crippen molar-refractivity contribution in [3.63, 3.8) is 0 Å². The van der Waals surface area contributed by atoms with Crippen LogP contribution in [0.3, 0.4) is 0 Å². The Morgan fingerprint density at radius 3 is 2.56 bits per heavy atom. The van der Waals surface area contributed by atoms with Crippen molar-refractivity contribution < 1.29 is 5.11 Å². The van der Waals surface area contributed by atoms with Crippen molar-refractivity contribution in [1.29, 1.82) is 0 Å². The zero-order valence-corrected chi connectivity index (χ0v) is 5.31. The molecule has 0 aromatic carbocycles. The lowest BCUT2D eigenvalue weighted by Crippen LogP contribution is -1.95. The first-order valence-electron chi connectivity index (χ1n) is 2.17. The second kappa shape index (κ2) is 3.14. The summed E-state index contributed by atoms with van der Waals surface area (Å²) in [5, 5.41) is 8.58. The number of aromatic nitrogens is 1. The van der Waals surface area contributed by atoms with Crippen molar-refractivity contribution in [2.24, 2.45) is 0 Å². The van der Waals surface area contributed by atoms with Crippen LogP contribution >= 0.6 is 12.4 Å². The van der Waals surface area contributed by atoms with Gasteiger partial charge in [-0.15, -0.1) is 12.4 Å². The number of H-pyrrole nitrogens is 1. The molecular weight excluding hydrogens is 142 g/mol. The van der Waals surface area contributed by atoms with Gasteiger partial charge < -0.3 is 10.1 Å². The Balaban J connectivity index is 0.000000640. The fraction of sp³-hybridized carbons (Fsp3) is 0. The first-order chi connectivity index (χ1) is 3.80. The zero-order chi connectivity index (χ0) is 5.98. The monoisotopic (exact) mass is 147 g/mol. The maximum Gasteiger partial charge on any atom is 0.223 e. The molecule has 9 heavy (non-hydrogen) atoms. The highest BCUT2D eigenvalue weighted by molar-refractivity contribution is 5.85. The van der Waals surface area contributed by atoms with E-state index in [1.54, 1.807) is 0 Å². The van der Waals surface area contributed by atoms with Crippen LogP contribution in [0.1, 0.15) is 0 Å². The van der Waals surface area contributed by atoms with Crippen molar-refractivity contribution in [2.75, 3.05) is 0 Å². The number of nitrogens with one attached hydrogen (secondary N) is 1. The highest BCUT2D eigenvalue weighted by Gasteiger charge is 1.87. The molecule has 0 aliphatic rings. The summed E-state index contributed by atoms with van der Waals surface area (Å²) >= 11 is 0. The van der Waals surface area contributed by atoms with Gasteiger partial charge in [-0.1, -0.05) is 0 Å². The Morgan fingerprint density at radius 2 is 2.22 bits per heavy atom. The normalized spacial score (nSPS) is 8.00. The van der Waals surface area contributed by atoms with Crippen LogP contribution in [0.5, 0.6) is 5.75 Å². The fourth-order valence-corrected chi connectivity index (χ4v) is 0.407. The Kier molecular flexibility index (Phi) is 2.81. The van der Waals surface area contributed by atoms with Gasteiger partial charge in [-0.2, -0.15) is 0 Å². The number of pyridine rings is 1. The predicted octanol–water partition coefficient (Wildman–Crippen LogP) is 0.502. The third-order valence-electron chi connectivity index (χ3n) is 0.803. The van der Waals surface area contributed by atoms with E-state index >= 15 is 0 Å². The molecule has 2 N–H and O–H groups in total. The van der Waals surface area contributed by atoms with E-state index in [0.29, 0.717) is 0 Å². The molecule has 3 nitrogen and oxygen atoms in total. The summed E-state index contributed by atoms with van der Waals surface area (Å²) in [4.78, 5) is 12.9. The van der Waals surface area contributed by atoms with Gasteiger partial charge in [0.2, 0.25) is 5.43 Å². The van der Waals surface area contributed by atoms with Gasteiger partial charge in [0.25, 0.3) is 0 Å². The number of halogens is 1. The quantitative estimate of drug-likeness (QED) is 0.562. The highest BCUT2D eigenvalue weighted by atomic mass is 35.5. The molecule has 0 fully saturated rings. The minimum absolute atomic E-state index is 0.